The van der Waals surface area contributed by atoms with E-state index in [2.05, 4.69) is 26.3 Å². The van der Waals surface area contributed by atoms with Gasteiger partial charge in [-0.3, -0.25) is 4.68 Å². The number of halogens is 1. The number of hydrogen-bond acceptors (Lipinski definition) is 4. The Kier molecular flexibility index (Phi) is 6.22. The Labute approximate surface area is 133 Å². The molecular formula is C15H20BrN3O2. The van der Waals surface area contributed by atoms with E-state index in [1.165, 1.54) is 5.69 Å². The van der Waals surface area contributed by atoms with Gasteiger partial charge < -0.3 is 15.2 Å². The highest BCUT2D eigenvalue weighted by atomic mass is 79.9. The van der Waals surface area contributed by atoms with Crippen LogP contribution in [0, 0.1) is 0 Å². The summed E-state index contributed by atoms with van der Waals surface area (Å²) in [6, 6.07) is 9.57. The Morgan fingerprint density at radius 3 is 3.00 bits per heavy atom. The SMILES string of the molecule is Cn1nccc1CCNCC(O)COc1cccc(Br)c1. The summed E-state index contributed by atoms with van der Waals surface area (Å²) in [5.41, 5.74) is 1.17. The molecule has 0 aliphatic heterocycles. The fraction of sp³-hybridized carbons (Fsp3) is 0.400. The summed E-state index contributed by atoms with van der Waals surface area (Å²) in [6.07, 6.45) is 2.14. The highest BCUT2D eigenvalue weighted by molar-refractivity contribution is 9.10. The molecule has 1 heterocycles. The zero-order valence-corrected chi connectivity index (χ0v) is 13.6. The van der Waals surface area contributed by atoms with Gasteiger partial charge >= 0.3 is 0 Å². The number of aliphatic hydroxyl groups excluding tert-OH is 1. The third-order valence-electron chi connectivity index (χ3n) is 3.10. The molecule has 0 radical (unpaired) electrons. The Morgan fingerprint density at radius 1 is 1.43 bits per heavy atom. The molecular weight excluding hydrogens is 334 g/mol. The molecule has 1 aromatic carbocycles. The molecule has 1 unspecified atom stereocenters. The van der Waals surface area contributed by atoms with E-state index < -0.39 is 6.10 Å². The van der Waals surface area contributed by atoms with Crippen molar-refractivity contribution in [3.8, 4) is 5.75 Å². The van der Waals surface area contributed by atoms with Gasteiger partial charge in [-0.15, -0.1) is 0 Å². The summed E-state index contributed by atoms with van der Waals surface area (Å²) in [6.45, 7) is 1.58. The second-order valence-electron chi connectivity index (χ2n) is 4.82. The predicted molar refractivity (Wildman–Crippen MR) is 85.4 cm³/mol. The largest absolute Gasteiger partial charge is 0.491 e. The number of benzene rings is 1. The molecule has 0 aliphatic carbocycles. The molecule has 2 rings (SSSR count). The lowest BCUT2D eigenvalue weighted by Gasteiger charge is -2.13. The van der Waals surface area contributed by atoms with Gasteiger partial charge in [-0.05, 0) is 24.3 Å². The van der Waals surface area contributed by atoms with Gasteiger partial charge in [0.05, 0.1) is 0 Å². The molecule has 0 amide bonds. The van der Waals surface area contributed by atoms with Crippen LogP contribution in [0.2, 0.25) is 0 Å². The zero-order valence-electron chi connectivity index (χ0n) is 12.0. The minimum atomic E-state index is -0.532. The maximum atomic E-state index is 9.87. The van der Waals surface area contributed by atoms with Crippen molar-refractivity contribution in [2.45, 2.75) is 12.5 Å². The van der Waals surface area contributed by atoms with Gasteiger partial charge in [0.25, 0.3) is 0 Å². The van der Waals surface area contributed by atoms with Crippen LogP contribution in [-0.2, 0) is 13.5 Å². The summed E-state index contributed by atoms with van der Waals surface area (Å²) in [5.74, 6) is 0.748. The molecule has 5 nitrogen and oxygen atoms in total. The van der Waals surface area contributed by atoms with Crippen LogP contribution in [0.25, 0.3) is 0 Å². The van der Waals surface area contributed by atoms with Gasteiger partial charge in [0, 0.05) is 42.9 Å². The quantitative estimate of drug-likeness (QED) is 0.710. The van der Waals surface area contributed by atoms with Crippen molar-refractivity contribution in [3.63, 3.8) is 0 Å². The smallest absolute Gasteiger partial charge is 0.120 e. The summed E-state index contributed by atoms with van der Waals surface area (Å²) in [5, 5.41) is 17.2. The topological polar surface area (TPSA) is 59.3 Å². The van der Waals surface area contributed by atoms with E-state index in [0.717, 1.165) is 23.2 Å². The lowest BCUT2D eigenvalue weighted by molar-refractivity contribution is 0.106. The number of aliphatic hydroxyl groups is 1. The van der Waals surface area contributed by atoms with Crippen molar-refractivity contribution in [3.05, 3.63) is 46.7 Å². The van der Waals surface area contributed by atoms with Crippen LogP contribution >= 0.6 is 15.9 Å². The zero-order chi connectivity index (χ0) is 15.1. The van der Waals surface area contributed by atoms with E-state index >= 15 is 0 Å². The van der Waals surface area contributed by atoms with Crippen molar-refractivity contribution >= 4 is 15.9 Å². The van der Waals surface area contributed by atoms with Crippen molar-refractivity contribution in [2.75, 3.05) is 19.7 Å². The summed E-state index contributed by atoms with van der Waals surface area (Å²) >= 11 is 3.38. The van der Waals surface area contributed by atoms with Gasteiger partial charge in [0.2, 0.25) is 0 Å². The molecule has 0 saturated heterocycles. The van der Waals surface area contributed by atoms with Gasteiger partial charge in [0.1, 0.15) is 18.5 Å². The van der Waals surface area contributed by atoms with Crippen molar-refractivity contribution in [1.29, 1.82) is 0 Å². The lowest BCUT2D eigenvalue weighted by Crippen LogP contribution is -2.32. The second kappa shape index (κ2) is 8.17. The summed E-state index contributed by atoms with van der Waals surface area (Å²) in [7, 11) is 1.93. The molecule has 0 aliphatic rings. The molecule has 0 bridgehead atoms. The van der Waals surface area contributed by atoms with Crippen LogP contribution in [0.5, 0.6) is 5.75 Å². The molecule has 1 aromatic heterocycles. The van der Waals surface area contributed by atoms with E-state index in [-0.39, 0.29) is 6.61 Å². The Morgan fingerprint density at radius 2 is 2.29 bits per heavy atom. The summed E-state index contributed by atoms with van der Waals surface area (Å²) in [4.78, 5) is 0. The van der Waals surface area contributed by atoms with Crippen molar-refractivity contribution < 1.29 is 9.84 Å². The van der Waals surface area contributed by atoms with Crippen molar-refractivity contribution in [1.82, 2.24) is 15.1 Å². The third-order valence-corrected chi connectivity index (χ3v) is 3.59. The Hall–Kier alpha value is -1.37. The monoisotopic (exact) mass is 353 g/mol. The average molecular weight is 354 g/mol. The lowest BCUT2D eigenvalue weighted by atomic mass is 10.3. The van der Waals surface area contributed by atoms with Gasteiger partial charge in [-0.2, -0.15) is 5.10 Å². The Balaban J connectivity index is 1.61. The number of nitrogens with zero attached hydrogens (tertiary/aromatic N) is 2. The van der Waals surface area contributed by atoms with E-state index in [1.807, 2.05) is 42.1 Å². The fourth-order valence-corrected chi connectivity index (χ4v) is 2.32. The van der Waals surface area contributed by atoms with Crippen LogP contribution in [0.15, 0.2) is 41.0 Å². The molecule has 0 fully saturated rings. The maximum absolute atomic E-state index is 9.87. The molecule has 0 spiro atoms. The second-order valence-corrected chi connectivity index (χ2v) is 5.74. The number of rotatable bonds is 8. The van der Waals surface area contributed by atoms with Crippen LogP contribution < -0.4 is 10.1 Å². The fourth-order valence-electron chi connectivity index (χ4n) is 1.94. The number of aromatic nitrogens is 2. The maximum Gasteiger partial charge on any atom is 0.120 e. The minimum Gasteiger partial charge on any atom is -0.491 e. The number of nitrogens with one attached hydrogen (secondary N) is 1. The van der Waals surface area contributed by atoms with E-state index in [9.17, 15) is 5.11 Å². The van der Waals surface area contributed by atoms with Crippen molar-refractivity contribution in [2.24, 2.45) is 7.05 Å². The first kappa shape index (κ1) is 16.0. The van der Waals surface area contributed by atoms with Crippen LogP contribution in [-0.4, -0.2) is 40.7 Å². The Bertz CT molecular complexity index is 559. The molecule has 1 atom stereocenters. The number of hydrogen-bond donors (Lipinski definition) is 2. The molecule has 2 aromatic rings. The van der Waals surface area contributed by atoms with Crippen LogP contribution in [0.3, 0.4) is 0 Å². The van der Waals surface area contributed by atoms with E-state index in [0.29, 0.717) is 6.54 Å². The molecule has 21 heavy (non-hydrogen) atoms. The standard InChI is InChI=1S/C15H20BrN3O2/c1-19-13(6-8-18-19)5-7-17-10-14(20)11-21-15-4-2-3-12(16)9-15/h2-4,6,8-9,14,17,20H,5,7,10-11H2,1H3. The van der Waals surface area contributed by atoms with E-state index in [4.69, 9.17) is 4.74 Å². The highest BCUT2D eigenvalue weighted by Crippen LogP contribution is 2.17. The highest BCUT2D eigenvalue weighted by Gasteiger charge is 2.05. The third kappa shape index (κ3) is 5.49. The normalized spacial score (nSPS) is 12.3. The first-order valence-electron chi connectivity index (χ1n) is 6.89. The first-order valence-corrected chi connectivity index (χ1v) is 7.68. The van der Waals surface area contributed by atoms with E-state index in [1.54, 1.807) is 6.20 Å². The van der Waals surface area contributed by atoms with Crippen LogP contribution in [0.4, 0.5) is 0 Å². The van der Waals surface area contributed by atoms with Gasteiger partial charge in [0.15, 0.2) is 0 Å². The number of aryl methyl sites for hydroxylation is 1. The average Bonchev–Trinajstić information content (AvgIpc) is 2.87. The number of ether oxygens (including phenoxy) is 1. The van der Waals surface area contributed by atoms with Crippen LogP contribution in [0.1, 0.15) is 5.69 Å². The molecule has 114 valence electrons. The predicted octanol–water partition coefficient (Wildman–Crippen LogP) is 1.75. The van der Waals surface area contributed by atoms with Gasteiger partial charge in [-0.1, -0.05) is 22.0 Å². The van der Waals surface area contributed by atoms with Gasteiger partial charge in [-0.25, -0.2) is 0 Å². The summed E-state index contributed by atoms with van der Waals surface area (Å²) < 4.78 is 8.35. The molecule has 6 heteroatoms. The molecule has 2 N–H and O–H groups in total. The molecule has 0 saturated carbocycles. The first-order chi connectivity index (χ1) is 10.1. The minimum absolute atomic E-state index is 0.273.